The second kappa shape index (κ2) is 9.32. The van der Waals surface area contributed by atoms with E-state index in [1.54, 1.807) is 0 Å². The topological polar surface area (TPSA) is 44.4 Å². The Morgan fingerprint density at radius 1 is 1.47 bits per heavy atom. The van der Waals surface area contributed by atoms with Crippen LogP contribution >= 0.6 is 0 Å². The van der Waals surface area contributed by atoms with Crippen molar-refractivity contribution in [2.24, 2.45) is 5.92 Å². The molecule has 1 saturated heterocycles. The lowest BCUT2D eigenvalue weighted by Crippen LogP contribution is -2.47. The quantitative estimate of drug-likeness (QED) is 0.658. The van der Waals surface area contributed by atoms with Gasteiger partial charge in [-0.2, -0.15) is 0 Å². The summed E-state index contributed by atoms with van der Waals surface area (Å²) in [6.07, 6.45) is 6.02. The lowest BCUT2D eigenvalue weighted by atomic mass is 9.99. The molecule has 112 valence electrons. The van der Waals surface area contributed by atoms with E-state index in [-0.39, 0.29) is 11.9 Å². The number of amides is 1. The van der Waals surface area contributed by atoms with Crippen molar-refractivity contribution in [3.05, 3.63) is 0 Å². The van der Waals surface area contributed by atoms with E-state index in [1.165, 1.54) is 25.7 Å². The largest absolute Gasteiger partial charge is 0.355 e. The molecule has 0 radical (unpaired) electrons. The molecule has 1 aliphatic heterocycles. The standard InChI is InChI=1S/C15H31N3O/c1-4-5-6-10-17-15(19)13(2)18(3)12-14-8-7-9-16-11-14/h13-14,16H,4-12H2,1-3H3,(H,17,19). The molecular weight excluding hydrogens is 238 g/mol. The summed E-state index contributed by atoms with van der Waals surface area (Å²) in [5.74, 6) is 0.858. The number of hydrogen-bond acceptors (Lipinski definition) is 3. The normalized spacial score (nSPS) is 21.4. The molecule has 0 aliphatic carbocycles. The van der Waals surface area contributed by atoms with Gasteiger partial charge in [0, 0.05) is 13.1 Å². The summed E-state index contributed by atoms with van der Waals surface area (Å²) in [6, 6.07) is -0.0245. The number of carbonyl (C=O) groups excluding carboxylic acids is 1. The van der Waals surface area contributed by atoms with Crippen LogP contribution in [0.25, 0.3) is 0 Å². The highest BCUT2D eigenvalue weighted by molar-refractivity contribution is 5.81. The van der Waals surface area contributed by atoms with E-state index < -0.39 is 0 Å². The first kappa shape index (κ1) is 16.4. The number of hydrogen-bond donors (Lipinski definition) is 2. The molecule has 4 heteroatoms. The minimum atomic E-state index is -0.0245. The molecule has 2 N–H and O–H groups in total. The Morgan fingerprint density at radius 3 is 2.89 bits per heavy atom. The molecule has 1 aliphatic rings. The van der Waals surface area contributed by atoms with Crippen molar-refractivity contribution < 1.29 is 4.79 Å². The third kappa shape index (κ3) is 6.39. The van der Waals surface area contributed by atoms with Crippen LogP contribution in [0.2, 0.25) is 0 Å². The summed E-state index contributed by atoms with van der Waals surface area (Å²) in [4.78, 5) is 14.2. The fourth-order valence-corrected chi connectivity index (χ4v) is 2.58. The maximum Gasteiger partial charge on any atom is 0.237 e. The third-order valence-electron chi connectivity index (χ3n) is 4.07. The van der Waals surface area contributed by atoms with Crippen LogP contribution in [0.4, 0.5) is 0 Å². The third-order valence-corrected chi connectivity index (χ3v) is 4.07. The van der Waals surface area contributed by atoms with E-state index in [0.717, 1.165) is 32.6 Å². The van der Waals surface area contributed by atoms with Crippen LogP contribution in [0.1, 0.15) is 46.0 Å². The van der Waals surface area contributed by atoms with Gasteiger partial charge in [-0.05, 0) is 52.2 Å². The van der Waals surface area contributed by atoms with Crippen LogP contribution in [-0.2, 0) is 4.79 Å². The Balaban J connectivity index is 2.21. The van der Waals surface area contributed by atoms with Crippen LogP contribution < -0.4 is 10.6 Å². The van der Waals surface area contributed by atoms with Crippen LogP contribution in [0.5, 0.6) is 0 Å². The molecule has 2 atom stereocenters. The lowest BCUT2D eigenvalue weighted by molar-refractivity contribution is -0.125. The Bertz CT molecular complexity index is 252. The zero-order valence-corrected chi connectivity index (χ0v) is 12.9. The number of likely N-dealkylation sites (N-methyl/N-ethyl adjacent to an activating group) is 1. The molecule has 0 aromatic heterocycles. The monoisotopic (exact) mass is 269 g/mol. The van der Waals surface area contributed by atoms with Crippen molar-refractivity contribution in [2.75, 3.05) is 33.2 Å². The fourth-order valence-electron chi connectivity index (χ4n) is 2.58. The molecule has 1 heterocycles. The minimum absolute atomic E-state index is 0.0245. The molecule has 0 aromatic carbocycles. The Hall–Kier alpha value is -0.610. The number of nitrogens with zero attached hydrogens (tertiary/aromatic N) is 1. The van der Waals surface area contributed by atoms with Crippen LogP contribution in [0, 0.1) is 5.92 Å². The van der Waals surface area contributed by atoms with Gasteiger partial charge in [0.05, 0.1) is 6.04 Å². The summed E-state index contributed by atoms with van der Waals surface area (Å²) in [6.45, 7) is 8.25. The van der Waals surface area contributed by atoms with E-state index in [0.29, 0.717) is 5.92 Å². The van der Waals surface area contributed by atoms with Crippen molar-refractivity contribution in [3.8, 4) is 0 Å². The molecule has 2 unspecified atom stereocenters. The summed E-state index contributed by atoms with van der Waals surface area (Å²) in [7, 11) is 2.06. The minimum Gasteiger partial charge on any atom is -0.355 e. The molecule has 0 bridgehead atoms. The Kier molecular flexibility index (Phi) is 8.07. The number of rotatable bonds is 8. The maximum atomic E-state index is 12.0. The molecule has 1 fully saturated rings. The summed E-state index contributed by atoms with van der Waals surface area (Å²) in [5, 5.41) is 6.47. The first-order valence-corrected chi connectivity index (χ1v) is 7.83. The van der Waals surface area contributed by atoms with Gasteiger partial charge >= 0.3 is 0 Å². The van der Waals surface area contributed by atoms with E-state index in [1.807, 2.05) is 6.92 Å². The van der Waals surface area contributed by atoms with Crippen LogP contribution in [0.3, 0.4) is 0 Å². The highest BCUT2D eigenvalue weighted by Gasteiger charge is 2.21. The average Bonchev–Trinajstić information content (AvgIpc) is 2.43. The van der Waals surface area contributed by atoms with Gasteiger partial charge in [0.1, 0.15) is 0 Å². The zero-order chi connectivity index (χ0) is 14.1. The van der Waals surface area contributed by atoms with Gasteiger partial charge in [0.2, 0.25) is 5.91 Å². The van der Waals surface area contributed by atoms with Gasteiger partial charge in [-0.1, -0.05) is 19.8 Å². The van der Waals surface area contributed by atoms with Gasteiger partial charge in [-0.25, -0.2) is 0 Å². The van der Waals surface area contributed by atoms with Gasteiger partial charge in [0.25, 0.3) is 0 Å². The van der Waals surface area contributed by atoms with Crippen molar-refractivity contribution in [2.45, 2.75) is 52.0 Å². The number of unbranched alkanes of at least 4 members (excludes halogenated alkanes) is 2. The van der Waals surface area contributed by atoms with Crippen LogP contribution in [-0.4, -0.2) is 50.1 Å². The predicted molar refractivity (Wildman–Crippen MR) is 80.2 cm³/mol. The second-order valence-corrected chi connectivity index (χ2v) is 5.83. The van der Waals surface area contributed by atoms with Crippen molar-refractivity contribution >= 4 is 5.91 Å². The van der Waals surface area contributed by atoms with E-state index in [9.17, 15) is 4.79 Å². The number of nitrogens with one attached hydrogen (secondary N) is 2. The summed E-state index contributed by atoms with van der Waals surface area (Å²) < 4.78 is 0. The van der Waals surface area contributed by atoms with Gasteiger partial charge in [-0.3, -0.25) is 9.69 Å². The lowest BCUT2D eigenvalue weighted by Gasteiger charge is -2.30. The molecule has 0 saturated carbocycles. The van der Waals surface area contributed by atoms with Gasteiger partial charge in [0.15, 0.2) is 0 Å². The maximum absolute atomic E-state index is 12.0. The Morgan fingerprint density at radius 2 is 2.26 bits per heavy atom. The zero-order valence-electron chi connectivity index (χ0n) is 12.9. The highest BCUT2D eigenvalue weighted by atomic mass is 16.2. The summed E-state index contributed by atoms with van der Waals surface area (Å²) in [5.41, 5.74) is 0. The first-order valence-electron chi connectivity index (χ1n) is 7.83. The van der Waals surface area contributed by atoms with Crippen molar-refractivity contribution in [1.82, 2.24) is 15.5 Å². The average molecular weight is 269 g/mol. The molecule has 1 rings (SSSR count). The van der Waals surface area contributed by atoms with Crippen LogP contribution in [0.15, 0.2) is 0 Å². The van der Waals surface area contributed by atoms with Gasteiger partial charge < -0.3 is 10.6 Å². The molecule has 0 aromatic rings. The van der Waals surface area contributed by atoms with E-state index in [4.69, 9.17) is 0 Å². The Labute approximate surface area is 118 Å². The predicted octanol–water partition coefficient (Wildman–Crippen LogP) is 1.61. The van der Waals surface area contributed by atoms with Crippen molar-refractivity contribution in [1.29, 1.82) is 0 Å². The van der Waals surface area contributed by atoms with E-state index in [2.05, 4.69) is 29.5 Å². The number of piperidine rings is 1. The van der Waals surface area contributed by atoms with Gasteiger partial charge in [-0.15, -0.1) is 0 Å². The molecule has 4 nitrogen and oxygen atoms in total. The fraction of sp³-hybridized carbons (Fsp3) is 0.933. The van der Waals surface area contributed by atoms with Crippen molar-refractivity contribution in [3.63, 3.8) is 0 Å². The molecule has 1 amide bonds. The SMILES string of the molecule is CCCCCNC(=O)C(C)N(C)CC1CCCNC1. The molecule has 19 heavy (non-hydrogen) atoms. The second-order valence-electron chi connectivity index (χ2n) is 5.83. The molecular formula is C15H31N3O. The summed E-state index contributed by atoms with van der Waals surface area (Å²) >= 11 is 0. The smallest absolute Gasteiger partial charge is 0.237 e. The molecule has 0 spiro atoms. The first-order chi connectivity index (χ1) is 9.15. The number of carbonyl (C=O) groups is 1. The highest BCUT2D eigenvalue weighted by Crippen LogP contribution is 2.12. The van der Waals surface area contributed by atoms with E-state index >= 15 is 0 Å².